The van der Waals surface area contributed by atoms with Crippen LogP contribution in [0, 0.1) is 0 Å². The fourth-order valence-corrected chi connectivity index (χ4v) is 2.05. The average molecular weight is 299 g/mol. The molecule has 2 aromatic rings. The van der Waals surface area contributed by atoms with Gasteiger partial charge in [-0.2, -0.15) is 0 Å². The van der Waals surface area contributed by atoms with Crippen LogP contribution >= 0.6 is 0 Å². The normalized spacial score (nSPS) is 11.7. The minimum Gasteiger partial charge on any atom is -0.481 e. The smallest absolute Gasteiger partial charge is 0.260 e. The number of aliphatic hydroxyl groups excluding tert-OH is 1. The molecule has 0 aromatic heterocycles. The molecule has 4 heteroatoms. The highest BCUT2D eigenvalue weighted by Crippen LogP contribution is 2.22. The van der Waals surface area contributed by atoms with Crippen molar-refractivity contribution in [1.82, 2.24) is 5.32 Å². The molecule has 1 amide bonds. The van der Waals surface area contributed by atoms with Crippen LogP contribution in [0.5, 0.6) is 5.75 Å². The fraction of sp³-hybridized carbons (Fsp3) is 0.278. The number of ether oxygens (including phenoxy) is 1. The second-order valence-corrected chi connectivity index (χ2v) is 5.02. The minimum absolute atomic E-state index is 0.0659. The predicted octanol–water partition coefficient (Wildman–Crippen LogP) is 2.62. The van der Waals surface area contributed by atoms with E-state index >= 15 is 0 Å². The monoisotopic (exact) mass is 299 g/mol. The summed E-state index contributed by atoms with van der Waals surface area (Å²) in [6.07, 6.45) is -0.0224. The Morgan fingerprint density at radius 2 is 1.73 bits per heavy atom. The molecule has 2 rings (SSSR count). The van der Waals surface area contributed by atoms with Crippen molar-refractivity contribution < 1.29 is 14.6 Å². The van der Waals surface area contributed by atoms with E-state index in [4.69, 9.17) is 9.84 Å². The number of benzene rings is 2. The maximum absolute atomic E-state index is 11.8. The largest absolute Gasteiger partial charge is 0.481 e. The lowest BCUT2D eigenvalue weighted by Gasteiger charge is -2.15. The van der Waals surface area contributed by atoms with E-state index in [-0.39, 0.29) is 12.5 Å². The topological polar surface area (TPSA) is 58.6 Å². The summed E-state index contributed by atoms with van der Waals surface area (Å²) in [5.41, 5.74) is 2.25. The number of hydrogen-bond donors (Lipinski definition) is 2. The Kier molecular flexibility index (Phi) is 5.98. The zero-order chi connectivity index (χ0) is 15.8. The van der Waals surface area contributed by atoms with Crippen molar-refractivity contribution in [3.05, 3.63) is 54.6 Å². The summed E-state index contributed by atoms with van der Waals surface area (Å²) >= 11 is 0. The Bertz CT molecular complexity index is 581. The molecule has 0 radical (unpaired) electrons. The van der Waals surface area contributed by atoms with Crippen molar-refractivity contribution in [2.45, 2.75) is 19.4 Å². The van der Waals surface area contributed by atoms with Gasteiger partial charge < -0.3 is 15.2 Å². The van der Waals surface area contributed by atoms with Crippen LogP contribution in [0.25, 0.3) is 11.1 Å². The zero-order valence-corrected chi connectivity index (χ0v) is 12.7. The maximum atomic E-state index is 11.8. The summed E-state index contributed by atoms with van der Waals surface area (Å²) in [7, 11) is 0. The SMILES string of the molecule is CC(Oc1ccc(-c2ccccc2)cc1)C(=O)NCCCO. The van der Waals surface area contributed by atoms with Gasteiger partial charge in [0.2, 0.25) is 0 Å². The van der Waals surface area contributed by atoms with Gasteiger partial charge in [0.25, 0.3) is 5.91 Å². The van der Waals surface area contributed by atoms with E-state index in [1.54, 1.807) is 6.92 Å². The molecule has 116 valence electrons. The van der Waals surface area contributed by atoms with E-state index in [1.807, 2.05) is 54.6 Å². The van der Waals surface area contributed by atoms with Gasteiger partial charge in [0.1, 0.15) is 5.75 Å². The minimum atomic E-state index is -0.568. The molecule has 0 aliphatic heterocycles. The molecular weight excluding hydrogens is 278 g/mol. The van der Waals surface area contributed by atoms with Crippen molar-refractivity contribution in [3.63, 3.8) is 0 Å². The van der Waals surface area contributed by atoms with Gasteiger partial charge in [-0.1, -0.05) is 42.5 Å². The van der Waals surface area contributed by atoms with Gasteiger partial charge in [-0.05, 0) is 36.6 Å². The molecule has 0 heterocycles. The van der Waals surface area contributed by atoms with E-state index in [0.29, 0.717) is 18.7 Å². The first kappa shape index (κ1) is 16.0. The van der Waals surface area contributed by atoms with Crippen molar-refractivity contribution in [1.29, 1.82) is 0 Å². The number of carbonyl (C=O) groups is 1. The van der Waals surface area contributed by atoms with Crippen molar-refractivity contribution in [2.24, 2.45) is 0 Å². The number of aliphatic hydroxyl groups is 1. The van der Waals surface area contributed by atoms with Crippen LogP contribution in [0.1, 0.15) is 13.3 Å². The highest BCUT2D eigenvalue weighted by atomic mass is 16.5. The van der Waals surface area contributed by atoms with Gasteiger partial charge in [0.15, 0.2) is 6.10 Å². The Morgan fingerprint density at radius 1 is 1.09 bits per heavy atom. The molecular formula is C18H21NO3. The molecule has 0 aliphatic carbocycles. The van der Waals surface area contributed by atoms with E-state index < -0.39 is 6.10 Å². The van der Waals surface area contributed by atoms with Crippen molar-refractivity contribution in [3.8, 4) is 16.9 Å². The number of rotatable bonds is 7. The highest BCUT2D eigenvalue weighted by Gasteiger charge is 2.13. The molecule has 1 atom stereocenters. The van der Waals surface area contributed by atoms with Crippen LogP contribution in [0.15, 0.2) is 54.6 Å². The molecule has 0 aliphatic rings. The Labute approximate surface area is 130 Å². The lowest BCUT2D eigenvalue weighted by atomic mass is 10.1. The van der Waals surface area contributed by atoms with Crippen LogP contribution in [-0.2, 0) is 4.79 Å². The molecule has 0 fully saturated rings. The second kappa shape index (κ2) is 8.20. The van der Waals surface area contributed by atoms with E-state index in [2.05, 4.69) is 5.32 Å². The summed E-state index contributed by atoms with van der Waals surface area (Å²) in [6, 6.07) is 17.7. The number of nitrogens with one attached hydrogen (secondary N) is 1. The van der Waals surface area contributed by atoms with E-state index in [1.165, 1.54) is 0 Å². The van der Waals surface area contributed by atoms with E-state index in [0.717, 1.165) is 11.1 Å². The third-order valence-corrected chi connectivity index (χ3v) is 3.28. The van der Waals surface area contributed by atoms with Gasteiger partial charge in [0.05, 0.1) is 0 Å². The van der Waals surface area contributed by atoms with Crippen LogP contribution < -0.4 is 10.1 Å². The van der Waals surface area contributed by atoms with Crippen LogP contribution in [0.3, 0.4) is 0 Å². The Morgan fingerprint density at radius 3 is 2.36 bits per heavy atom. The Balaban J connectivity index is 1.92. The first-order valence-corrected chi connectivity index (χ1v) is 7.41. The van der Waals surface area contributed by atoms with Crippen LogP contribution in [0.2, 0.25) is 0 Å². The molecule has 0 saturated carbocycles. The summed E-state index contributed by atoms with van der Waals surface area (Å²) in [5.74, 6) is 0.477. The van der Waals surface area contributed by atoms with Crippen molar-refractivity contribution in [2.75, 3.05) is 13.2 Å². The lowest BCUT2D eigenvalue weighted by Crippen LogP contribution is -2.37. The molecule has 2 aromatic carbocycles. The summed E-state index contributed by atoms with van der Waals surface area (Å²) < 4.78 is 5.62. The van der Waals surface area contributed by atoms with Gasteiger partial charge in [-0.25, -0.2) is 0 Å². The predicted molar refractivity (Wildman–Crippen MR) is 86.7 cm³/mol. The van der Waals surface area contributed by atoms with Gasteiger partial charge >= 0.3 is 0 Å². The van der Waals surface area contributed by atoms with Crippen molar-refractivity contribution >= 4 is 5.91 Å². The average Bonchev–Trinajstić information content (AvgIpc) is 2.56. The second-order valence-electron chi connectivity index (χ2n) is 5.02. The fourth-order valence-electron chi connectivity index (χ4n) is 2.05. The van der Waals surface area contributed by atoms with E-state index in [9.17, 15) is 4.79 Å². The number of carbonyl (C=O) groups excluding carboxylic acids is 1. The molecule has 0 bridgehead atoms. The number of amides is 1. The standard InChI is InChI=1S/C18H21NO3/c1-14(18(21)19-12-5-13-20)22-17-10-8-16(9-11-17)15-6-3-2-4-7-15/h2-4,6-11,14,20H,5,12-13H2,1H3,(H,19,21). The molecule has 2 N–H and O–H groups in total. The Hall–Kier alpha value is -2.33. The molecule has 22 heavy (non-hydrogen) atoms. The summed E-state index contributed by atoms with van der Waals surface area (Å²) in [6.45, 7) is 2.23. The first-order chi connectivity index (χ1) is 10.7. The van der Waals surface area contributed by atoms with Crippen LogP contribution in [0.4, 0.5) is 0 Å². The maximum Gasteiger partial charge on any atom is 0.260 e. The quantitative estimate of drug-likeness (QED) is 0.773. The van der Waals surface area contributed by atoms with Gasteiger partial charge in [-0.3, -0.25) is 4.79 Å². The van der Waals surface area contributed by atoms with Crippen LogP contribution in [-0.4, -0.2) is 30.3 Å². The third-order valence-electron chi connectivity index (χ3n) is 3.28. The third kappa shape index (κ3) is 4.60. The van der Waals surface area contributed by atoms with Gasteiger partial charge in [0, 0.05) is 13.2 Å². The highest BCUT2D eigenvalue weighted by molar-refractivity contribution is 5.80. The zero-order valence-electron chi connectivity index (χ0n) is 12.7. The molecule has 4 nitrogen and oxygen atoms in total. The summed E-state index contributed by atoms with van der Waals surface area (Å²) in [5, 5.41) is 11.4. The molecule has 0 saturated heterocycles. The lowest BCUT2D eigenvalue weighted by molar-refractivity contribution is -0.127. The summed E-state index contributed by atoms with van der Waals surface area (Å²) in [4.78, 5) is 11.8. The molecule has 1 unspecified atom stereocenters. The number of hydrogen-bond acceptors (Lipinski definition) is 3. The van der Waals surface area contributed by atoms with Gasteiger partial charge in [-0.15, -0.1) is 0 Å². The first-order valence-electron chi connectivity index (χ1n) is 7.41. The molecule has 0 spiro atoms.